The van der Waals surface area contributed by atoms with Crippen molar-refractivity contribution in [2.75, 3.05) is 37.7 Å². The van der Waals surface area contributed by atoms with Crippen LogP contribution in [0.3, 0.4) is 0 Å². The molecular formula is C78H107N19O19S2. The number of aromatic nitrogens is 2. The van der Waals surface area contributed by atoms with E-state index in [0.717, 1.165) is 41.0 Å². The molecule has 0 radical (unpaired) electrons. The number of carbonyl (C=O) groups excluding carboxylic acids is 14. The van der Waals surface area contributed by atoms with E-state index < -0.39 is 210 Å². The number of carboxylic acids is 1. The third-order valence-electron chi connectivity index (χ3n) is 18.5. The van der Waals surface area contributed by atoms with E-state index in [2.05, 4.69) is 74.1 Å². The molecule has 2 heterocycles. The summed E-state index contributed by atoms with van der Waals surface area (Å²) in [4.78, 5) is 218. The van der Waals surface area contributed by atoms with E-state index >= 15 is 14.4 Å². The summed E-state index contributed by atoms with van der Waals surface area (Å²) in [5, 5.41) is 75.5. The summed E-state index contributed by atoms with van der Waals surface area (Å²) in [6.07, 6.45) is -2.17. The van der Waals surface area contributed by atoms with Crippen LogP contribution in [0.5, 0.6) is 0 Å². The maximum absolute atomic E-state index is 15.4. The second kappa shape index (κ2) is 49.6. The standard InChI is InChI=1S/C78H107N19O19S2/c1-44(81)66(103)83-37-63(102)85-60-41-117-118-42-61(78(115)116)94-74(111)59(40-98)93-77(114)65(46(3)100)96-73(110)56(34-49-24-12-6-13-25-49)92-76(113)64(45(2)99)95-68(105)53(29-17-19-31-80)86-71(108)57(35-51-39-97(43-84-51)38-50-26-14-7-15-27-50)90-70(107)55(33-48-22-10-5-11-23-48)88-69(106)54(32-47-20-8-4-9-21-47)89-72(109)58(36-62(82)101)91-67(104)52(87-75(60)112)28-16-18-30-79/h4-15,20-27,39,43-46,52-61,64-65,98-100H,16-19,28-38,40-42,79-81H2,1-3H3,(H2,82,101)(H,83,103)(H,85,102)(H,86,108)(H,87,112)(H,88,106)(H,89,109)(H,90,107)(H,91,104)(H,92,113)(H,93,114)(H,94,111)(H,95,105)(H,96,110)(H,115,116)/t44-,45+,46+,52-,53-,54-,55-,56-,57-,58-,59-,60-,61-,64-,65-/m0/s1. The number of primary amides is 1. The quantitative estimate of drug-likeness (QED) is 0.0164. The van der Waals surface area contributed by atoms with Crippen LogP contribution in [0.25, 0.3) is 0 Å². The Balaban J connectivity index is 1.47. The largest absolute Gasteiger partial charge is 0.480 e. The molecule has 640 valence electrons. The average Bonchev–Trinajstić information content (AvgIpc) is 1.25. The SMILES string of the molecule is C[C@H](N)C(=O)NCC(=O)N[C@H]1CSSC[C@@H](C(=O)O)NC(=O)[C@H](CO)NC(=O)[C@H]([C@@H](C)O)NC(=O)[C@H](Cc2ccccc2)NC(=O)[C@H]([C@@H](C)O)NC(=O)[C@H](CCCCN)NC(=O)[C@H](Cc2cn(Cc3ccccc3)cn2)NC(=O)[C@H](Cc2ccccc2)NC(=O)[C@H](Cc2ccccc2)NC(=O)[C@H](CC(N)=O)NC(=O)[C@H](CCCCN)NC1=O. The van der Waals surface area contributed by atoms with E-state index in [1.54, 1.807) is 102 Å². The smallest absolute Gasteiger partial charge is 0.327 e. The van der Waals surface area contributed by atoms with E-state index in [1.165, 1.54) is 13.3 Å². The highest BCUT2D eigenvalue weighted by Crippen LogP contribution is 2.24. The fraction of sp³-hybridized carbons (Fsp3) is 0.462. The van der Waals surface area contributed by atoms with Crippen molar-refractivity contribution in [2.45, 2.75) is 189 Å². The van der Waals surface area contributed by atoms with Crippen LogP contribution in [0.1, 0.15) is 93.7 Å². The van der Waals surface area contributed by atoms with Crippen LogP contribution in [0, 0.1) is 0 Å². The highest BCUT2D eigenvalue weighted by atomic mass is 33.1. The van der Waals surface area contributed by atoms with Gasteiger partial charge in [-0.1, -0.05) is 143 Å². The second-order valence-electron chi connectivity index (χ2n) is 28.3. The number of unbranched alkanes of at least 4 members (excludes halogenated alkanes) is 2. The Morgan fingerprint density at radius 3 is 1.29 bits per heavy atom. The van der Waals surface area contributed by atoms with Gasteiger partial charge in [-0.25, -0.2) is 9.78 Å². The minimum atomic E-state index is -1.99. The summed E-state index contributed by atoms with van der Waals surface area (Å²) < 4.78 is 1.72. The summed E-state index contributed by atoms with van der Waals surface area (Å²) in [7, 11) is 1.49. The molecular weight excluding hydrogens is 1570 g/mol. The summed E-state index contributed by atoms with van der Waals surface area (Å²) in [6.45, 7) is 2.17. The molecule has 0 saturated carbocycles. The number of imidazole rings is 1. The molecule has 118 heavy (non-hydrogen) atoms. The van der Waals surface area contributed by atoms with Gasteiger partial charge in [-0.3, -0.25) is 67.1 Å². The number of nitrogens with zero attached hydrogens (tertiary/aromatic N) is 2. The first-order valence-electron chi connectivity index (χ1n) is 38.3. The normalized spacial score (nSPS) is 23.4. The number of carbonyl (C=O) groups is 15. The Labute approximate surface area is 689 Å². The predicted octanol–water partition coefficient (Wildman–Crippen LogP) is -5.15. The highest BCUT2D eigenvalue weighted by molar-refractivity contribution is 8.76. The fourth-order valence-electron chi connectivity index (χ4n) is 12.0. The van der Waals surface area contributed by atoms with Gasteiger partial charge in [0.25, 0.3) is 0 Å². The van der Waals surface area contributed by atoms with Gasteiger partial charge < -0.3 is 117 Å². The van der Waals surface area contributed by atoms with Crippen LogP contribution >= 0.6 is 21.6 Å². The maximum atomic E-state index is 15.4. The Morgan fingerprint density at radius 1 is 0.483 bits per heavy atom. The van der Waals surface area contributed by atoms with Crippen molar-refractivity contribution in [3.63, 3.8) is 0 Å². The Morgan fingerprint density at radius 2 is 0.856 bits per heavy atom. The molecule has 15 atom stereocenters. The predicted molar refractivity (Wildman–Crippen MR) is 434 cm³/mol. The van der Waals surface area contributed by atoms with Gasteiger partial charge in [0.15, 0.2) is 0 Å². The summed E-state index contributed by atoms with van der Waals surface area (Å²) in [5.74, 6) is -17.9. The number of hydrogen-bond donors (Lipinski definition) is 21. The van der Waals surface area contributed by atoms with Crippen LogP contribution in [0.2, 0.25) is 0 Å². The third-order valence-corrected chi connectivity index (χ3v) is 20.9. The van der Waals surface area contributed by atoms with Gasteiger partial charge in [-0.2, -0.15) is 0 Å². The lowest BCUT2D eigenvalue weighted by molar-refractivity contribution is -0.142. The number of aliphatic hydroxyl groups is 3. The lowest BCUT2D eigenvalue weighted by Crippen LogP contribution is -2.63. The molecule has 0 spiro atoms. The lowest BCUT2D eigenvalue weighted by atomic mass is 10.0. The first-order chi connectivity index (χ1) is 56.4. The van der Waals surface area contributed by atoms with Crippen LogP contribution in [-0.4, -0.2) is 247 Å². The van der Waals surface area contributed by atoms with Crippen molar-refractivity contribution < 1.29 is 92.3 Å². The van der Waals surface area contributed by atoms with Crippen LogP contribution in [0.15, 0.2) is 134 Å². The average molecular weight is 1680 g/mol. The van der Waals surface area contributed by atoms with E-state index in [0.29, 0.717) is 29.7 Å². The second-order valence-corrected chi connectivity index (χ2v) is 30.8. The lowest BCUT2D eigenvalue weighted by Gasteiger charge is -2.29. The van der Waals surface area contributed by atoms with Crippen LogP contribution in [-0.2, 0) is 104 Å². The molecule has 5 aromatic rings. The Kier molecular flexibility index (Phi) is 40.1. The van der Waals surface area contributed by atoms with Crippen LogP contribution < -0.4 is 92.1 Å². The number of hydrogen-bond acceptors (Lipinski definition) is 24. The molecule has 14 amide bonds. The number of aliphatic carboxylic acids is 1. The molecule has 0 unspecified atom stereocenters. The third kappa shape index (κ3) is 32.6. The van der Waals surface area contributed by atoms with Crippen molar-refractivity contribution >= 4 is 110 Å². The summed E-state index contributed by atoms with van der Waals surface area (Å²) >= 11 is 0. The van der Waals surface area contributed by atoms with Gasteiger partial charge >= 0.3 is 5.97 Å². The van der Waals surface area contributed by atoms with E-state index in [9.17, 15) is 78.0 Å². The fourth-order valence-corrected chi connectivity index (χ4v) is 14.3. The van der Waals surface area contributed by atoms with Crippen LogP contribution in [0.4, 0.5) is 0 Å². The molecule has 1 aromatic heterocycles. The van der Waals surface area contributed by atoms with Crippen molar-refractivity contribution in [1.29, 1.82) is 0 Å². The Bertz CT molecular complexity index is 4180. The van der Waals surface area contributed by atoms with Gasteiger partial charge in [-0.15, -0.1) is 0 Å². The molecule has 0 aliphatic carbocycles. The molecule has 40 heteroatoms. The zero-order chi connectivity index (χ0) is 86.4. The number of nitrogens with two attached hydrogens (primary N) is 4. The van der Waals surface area contributed by atoms with Crippen molar-refractivity contribution in [3.8, 4) is 0 Å². The number of amides is 14. The molecule has 1 aliphatic heterocycles. The molecule has 1 saturated heterocycles. The zero-order valence-electron chi connectivity index (χ0n) is 65.5. The molecule has 25 N–H and O–H groups in total. The molecule has 38 nitrogen and oxygen atoms in total. The summed E-state index contributed by atoms with van der Waals surface area (Å²) in [6, 6.07) is 11.6. The first-order valence-corrected chi connectivity index (χ1v) is 40.8. The van der Waals surface area contributed by atoms with E-state index in [-0.39, 0.29) is 76.6 Å². The summed E-state index contributed by atoms with van der Waals surface area (Å²) in [5.41, 5.74) is 25.6. The van der Waals surface area contributed by atoms with Gasteiger partial charge in [0.2, 0.25) is 82.7 Å². The zero-order valence-corrected chi connectivity index (χ0v) is 67.2. The molecule has 1 fully saturated rings. The maximum Gasteiger partial charge on any atom is 0.327 e. The van der Waals surface area contributed by atoms with Gasteiger partial charge in [0, 0.05) is 49.9 Å². The van der Waals surface area contributed by atoms with Crippen molar-refractivity contribution in [3.05, 3.63) is 162 Å². The van der Waals surface area contributed by atoms with E-state index in [1.807, 2.05) is 30.3 Å². The number of nitrogens with one attached hydrogen (secondary N) is 13. The topological polar surface area (TPSA) is 615 Å². The molecule has 6 rings (SSSR count). The number of rotatable bonds is 28. The van der Waals surface area contributed by atoms with Crippen molar-refractivity contribution in [1.82, 2.24) is 78.7 Å². The van der Waals surface area contributed by atoms with E-state index in [4.69, 9.17) is 22.9 Å². The number of benzene rings is 4. The van der Waals surface area contributed by atoms with Gasteiger partial charge in [0.05, 0.1) is 49.8 Å². The van der Waals surface area contributed by atoms with Gasteiger partial charge in [-0.05, 0) is 94.6 Å². The number of carboxylic acid groups (broad SMARTS) is 1. The minimum Gasteiger partial charge on any atom is -0.480 e. The molecule has 1 aliphatic rings. The highest BCUT2D eigenvalue weighted by Gasteiger charge is 2.40. The van der Waals surface area contributed by atoms with Gasteiger partial charge in [0.1, 0.15) is 72.5 Å². The molecule has 4 aromatic carbocycles. The number of aliphatic hydroxyl groups excluding tert-OH is 3. The monoisotopic (exact) mass is 1680 g/mol. The minimum absolute atomic E-state index is 0.101. The Hall–Kier alpha value is -11.4. The first kappa shape index (κ1) is 95.4. The molecule has 0 bridgehead atoms. The van der Waals surface area contributed by atoms with Crippen molar-refractivity contribution in [2.24, 2.45) is 22.9 Å².